The zero-order valence-electron chi connectivity index (χ0n) is 17.6. The van der Waals surface area contributed by atoms with Crippen LogP contribution in [0.5, 0.6) is 0 Å². The van der Waals surface area contributed by atoms with E-state index in [0.717, 1.165) is 5.56 Å². The minimum atomic E-state index is -0.634. The number of primary amides is 1. The van der Waals surface area contributed by atoms with Gasteiger partial charge in [0.05, 0.1) is 17.5 Å². The van der Waals surface area contributed by atoms with Crippen LogP contribution in [-0.4, -0.2) is 26.6 Å². The highest BCUT2D eigenvalue weighted by molar-refractivity contribution is 6.09. The Morgan fingerprint density at radius 1 is 1.12 bits per heavy atom. The number of fused-ring (bicyclic) bond motifs is 1. The van der Waals surface area contributed by atoms with Gasteiger partial charge in [-0.2, -0.15) is 0 Å². The van der Waals surface area contributed by atoms with Gasteiger partial charge in [0.2, 0.25) is 5.91 Å². The second-order valence-corrected chi connectivity index (χ2v) is 7.73. The van der Waals surface area contributed by atoms with E-state index in [0.29, 0.717) is 39.5 Å². The van der Waals surface area contributed by atoms with Crippen molar-refractivity contribution in [1.82, 2.24) is 15.0 Å². The zero-order valence-corrected chi connectivity index (χ0v) is 17.6. The van der Waals surface area contributed by atoms with E-state index in [-0.39, 0.29) is 11.3 Å². The highest BCUT2D eigenvalue weighted by Crippen LogP contribution is 2.25. The first-order valence-electron chi connectivity index (χ1n) is 10.1. The van der Waals surface area contributed by atoms with Crippen LogP contribution in [0.1, 0.15) is 46.8 Å². The summed E-state index contributed by atoms with van der Waals surface area (Å²) >= 11 is 0. The van der Waals surface area contributed by atoms with Crippen LogP contribution in [0.3, 0.4) is 0 Å². The number of amides is 1. The molecule has 7 heteroatoms. The van der Waals surface area contributed by atoms with Crippen molar-refractivity contribution in [2.45, 2.75) is 19.8 Å². The van der Waals surface area contributed by atoms with E-state index in [4.69, 9.17) is 5.73 Å². The van der Waals surface area contributed by atoms with E-state index in [1.165, 1.54) is 30.5 Å². The summed E-state index contributed by atoms with van der Waals surface area (Å²) in [7, 11) is 0. The molecular formula is C25H21FN4O2. The number of carbonyl (C=O) groups excluding carboxylic acids is 2. The molecule has 1 amide bonds. The standard InChI is InChI=1S/C25H21FN4O2/c1-14(2)15-3-5-16(6-4-15)24(32)19-9-7-17(11-20(19)26)21-13-29-25-23(30-21)18(12-28-25)8-10-22(27)31/h3-14H,1-2H3,(H2,27,31)(H,28,29)/b10-8+. The van der Waals surface area contributed by atoms with Gasteiger partial charge in [-0.15, -0.1) is 0 Å². The lowest BCUT2D eigenvalue weighted by atomic mass is 9.97. The van der Waals surface area contributed by atoms with E-state index in [1.54, 1.807) is 24.4 Å². The van der Waals surface area contributed by atoms with Gasteiger partial charge in [0.15, 0.2) is 11.4 Å². The molecule has 2 aromatic carbocycles. The van der Waals surface area contributed by atoms with Crippen LogP contribution in [0.4, 0.5) is 4.39 Å². The lowest BCUT2D eigenvalue weighted by Gasteiger charge is -2.08. The van der Waals surface area contributed by atoms with Crippen molar-refractivity contribution in [3.8, 4) is 11.3 Å². The van der Waals surface area contributed by atoms with Crippen LogP contribution >= 0.6 is 0 Å². The van der Waals surface area contributed by atoms with E-state index in [1.807, 2.05) is 12.1 Å². The maximum Gasteiger partial charge on any atom is 0.241 e. The Morgan fingerprint density at radius 2 is 1.88 bits per heavy atom. The molecule has 0 saturated carbocycles. The van der Waals surface area contributed by atoms with Crippen molar-refractivity contribution < 1.29 is 14.0 Å². The molecule has 0 atom stereocenters. The van der Waals surface area contributed by atoms with Crippen LogP contribution < -0.4 is 5.73 Å². The molecule has 0 radical (unpaired) electrons. The van der Waals surface area contributed by atoms with Crippen LogP contribution in [0.25, 0.3) is 28.5 Å². The quantitative estimate of drug-likeness (QED) is 0.346. The number of ketones is 1. The molecule has 6 nitrogen and oxygen atoms in total. The normalized spacial score (nSPS) is 11.5. The predicted molar refractivity (Wildman–Crippen MR) is 121 cm³/mol. The first-order valence-corrected chi connectivity index (χ1v) is 10.1. The fraction of sp³-hybridized carbons (Fsp3) is 0.120. The third-order valence-electron chi connectivity index (χ3n) is 5.19. The topological polar surface area (TPSA) is 102 Å². The average molecular weight is 428 g/mol. The summed E-state index contributed by atoms with van der Waals surface area (Å²) in [6, 6.07) is 11.6. The lowest BCUT2D eigenvalue weighted by molar-refractivity contribution is -0.113. The number of hydrogen-bond acceptors (Lipinski definition) is 4. The number of nitrogens with one attached hydrogen (secondary N) is 1. The number of benzene rings is 2. The Labute approximate surface area is 184 Å². The first kappa shape index (κ1) is 21.1. The molecule has 0 aliphatic heterocycles. The Morgan fingerprint density at radius 3 is 2.53 bits per heavy atom. The Bertz CT molecular complexity index is 1350. The number of H-pyrrole nitrogens is 1. The minimum Gasteiger partial charge on any atom is -0.366 e. The van der Waals surface area contributed by atoms with Crippen molar-refractivity contribution >= 4 is 28.9 Å². The molecule has 4 rings (SSSR count). The number of carbonyl (C=O) groups is 2. The van der Waals surface area contributed by atoms with Crippen molar-refractivity contribution in [2.75, 3.05) is 0 Å². The van der Waals surface area contributed by atoms with Gasteiger partial charge in [-0.3, -0.25) is 9.59 Å². The molecule has 0 aliphatic carbocycles. The van der Waals surface area contributed by atoms with Gasteiger partial charge in [-0.1, -0.05) is 44.2 Å². The van der Waals surface area contributed by atoms with E-state index in [9.17, 15) is 14.0 Å². The number of aromatic amines is 1. The maximum absolute atomic E-state index is 14.9. The number of nitrogens with zero attached hydrogens (tertiary/aromatic N) is 2. The molecule has 0 fully saturated rings. The van der Waals surface area contributed by atoms with E-state index >= 15 is 0 Å². The highest BCUT2D eigenvalue weighted by Gasteiger charge is 2.16. The van der Waals surface area contributed by atoms with Gasteiger partial charge < -0.3 is 10.7 Å². The average Bonchev–Trinajstić information content (AvgIpc) is 3.19. The maximum atomic E-state index is 14.9. The first-order chi connectivity index (χ1) is 15.3. The molecule has 2 heterocycles. The minimum absolute atomic E-state index is 0.00758. The van der Waals surface area contributed by atoms with Crippen molar-refractivity contribution in [3.63, 3.8) is 0 Å². The van der Waals surface area contributed by atoms with Crippen LogP contribution in [0.2, 0.25) is 0 Å². The molecular weight excluding hydrogens is 407 g/mol. The molecule has 2 aromatic heterocycles. The third kappa shape index (κ3) is 4.18. The fourth-order valence-electron chi connectivity index (χ4n) is 3.38. The van der Waals surface area contributed by atoms with Gasteiger partial charge in [0.25, 0.3) is 0 Å². The fourth-order valence-corrected chi connectivity index (χ4v) is 3.38. The molecule has 3 N–H and O–H groups in total. The van der Waals surface area contributed by atoms with Crippen LogP contribution in [0, 0.1) is 5.82 Å². The molecule has 0 unspecified atom stereocenters. The van der Waals surface area contributed by atoms with E-state index < -0.39 is 11.7 Å². The Balaban J connectivity index is 1.65. The Kier molecular flexibility index (Phi) is 5.64. The number of rotatable bonds is 6. The van der Waals surface area contributed by atoms with Gasteiger partial charge in [0.1, 0.15) is 11.3 Å². The Hall–Kier alpha value is -4.13. The van der Waals surface area contributed by atoms with Crippen LogP contribution in [-0.2, 0) is 4.79 Å². The summed E-state index contributed by atoms with van der Waals surface area (Å²) in [4.78, 5) is 35.6. The number of halogens is 1. The molecule has 160 valence electrons. The van der Waals surface area contributed by atoms with Crippen molar-refractivity contribution in [1.29, 1.82) is 0 Å². The summed E-state index contributed by atoms with van der Waals surface area (Å²) in [6.45, 7) is 4.14. The van der Waals surface area contributed by atoms with Crippen molar-refractivity contribution in [2.24, 2.45) is 5.73 Å². The second kappa shape index (κ2) is 8.55. The zero-order chi connectivity index (χ0) is 22.8. The second-order valence-electron chi connectivity index (χ2n) is 7.73. The summed E-state index contributed by atoms with van der Waals surface area (Å²) < 4.78 is 14.9. The smallest absolute Gasteiger partial charge is 0.241 e. The summed E-state index contributed by atoms with van der Waals surface area (Å²) in [5.74, 6) is -1.24. The number of aromatic nitrogens is 3. The monoisotopic (exact) mass is 428 g/mol. The lowest BCUT2D eigenvalue weighted by Crippen LogP contribution is -2.05. The molecule has 0 spiro atoms. The van der Waals surface area contributed by atoms with Gasteiger partial charge in [0, 0.05) is 29.0 Å². The summed E-state index contributed by atoms with van der Waals surface area (Å²) in [6.07, 6.45) is 5.93. The number of hydrogen-bond donors (Lipinski definition) is 2. The molecule has 0 bridgehead atoms. The predicted octanol–water partition coefficient (Wildman–Crippen LogP) is 4.62. The van der Waals surface area contributed by atoms with Crippen LogP contribution in [0.15, 0.2) is 60.9 Å². The SMILES string of the molecule is CC(C)c1ccc(C(=O)c2ccc(-c3cnc4[nH]cc(/C=C/C(N)=O)c4n3)cc2F)cc1. The molecule has 0 saturated heterocycles. The van der Waals surface area contributed by atoms with Crippen molar-refractivity contribution in [3.05, 3.63) is 89.0 Å². The highest BCUT2D eigenvalue weighted by atomic mass is 19.1. The molecule has 4 aromatic rings. The van der Waals surface area contributed by atoms with E-state index in [2.05, 4.69) is 28.8 Å². The third-order valence-corrected chi connectivity index (χ3v) is 5.19. The van der Waals surface area contributed by atoms with Gasteiger partial charge in [-0.25, -0.2) is 14.4 Å². The largest absolute Gasteiger partial charge is 0.366 e. The molecule has 0 aliphatic rings. The summed E-state index contributed by atoms with van der Waals surface area (Å²) in [5.41, 5.74) is 9.27. The summed E-state index contributed by atoms with van der Waals surface area (Å²) in [5, 5.41) is 0. The van der Waals surface area contributed by atoms with Gasteiger partial charge >= 0.3 is 0 Å². The molecule has 32 heavy (non-hydrogen) atoms. The van der Waals surface area contributed by atoms with Gasteiger partial charge in [-0.05, 0) is 29.7 Å². The number of nitrogens with two attached hydrogens (primary N) is 1.